The van der Waals surface area contributed by atoms with Gasteiger partial charge in [0.1, 0.15) is 4.88 Å². The first-order valence-corrected chi connectivity index (χ1v) is 6.43. The topological polar surface area (TPSA) is 40.5 Å². The second-order valence-corrected chi connectivity index (χ2v) is 5.47. The molecule has 0 atom stereocenters. The molecule has 0 aromatic carbocycles. The van der Waals surface area contributed by atoms with Crippen molar-refractivity contribution in [2.75, 3.05) is 11.9 Å². The fourth-order valence-electron chi connectivity index (χ4n) is 1.36. The maximum Gasteiger partial charge on any atom is 0.345 e. The van der Waals surface area contributed by atoms with Crippen LogP contribution in [0.1, 0.15) is 14.5 Å². The second kappa shape index (κ2) is 4.67. The Morgan fingerprint density at radius 1 is 1.44 bits per heavy atom. The molecule has 16 heavy (non-hydrogen) atoms. The summed E-state index contributed by atoms with van der Waals surface area (Å²) in [4.78, 5) is 14.5. The summed E-state index contributed by atoms with van der Waals surface area (Å²) in [5.41, 5.74) is 0. The van der Waals surface area contributed by atoms with Crippen LogP contribution in [-0.2, 0) is 6.54 Å². The van der Waals surface area contributed by atoms with E-state index in [9.17, 15) is 4.79 Å². The predicted octanol–water partition coefficient (Wildman–Crippen LogP) is 3.14. The molecule has 84 valence electrons. The molecule has 0 radical (unpaired) electrons. The molecule has 0 aliphatic carbocycles. The second-order valence-electron chi connectivity index (χ2n) is 3.38. The summed E-state index contributed by atoms with van der Waals surface area (Å²) in [6, 6.07) is 7.59. The molecule has 0 fully saturated rings. The van der Waals surface area contributed by atoms with Crippen LogP contribution in [0.15, 0.2) is 29.6 Å². The Balaban J connectivity index is 2.08. The fourth-order valence-corrected chi connectivity index (χ4v) is 2.92. The summed E-state index contributed by atoms with van der Waals surface area (Å²) in [6.45, 7) is 0.817. The lowest BCUT2D eigenvalue weighted by molar-refractivity contribution is 0.0702. The van der Waals surface area contributed by atoms with Crippen molar-refractivity contribution in [1.82, 2.24) is 0 Å². The molecule has 0 saturated heterocycles. The van der Waals surface area contributed by atoms with Gasteiger partial charge in [-0.2, -0.15) is 0 Å². The van der Waals surface area contributed by atoms with Crippen molar-refractivity contribution in [3.8, 4) is 0 Å². The molecule has 0 bridgehead atoms. The number of rotatable bonds is 4. The molecule has 2 heterocycles. The van der Waals surface area contributed by atoms with Crippen LogP contribution in [0.3, 0.4) is 0 Å². The van der Waals surface area contributed by atoms with E-state index in [2.05, 4.69) is 11.0 Å². The molecule has 3 nitrogen and oxygen atoms in total. The van der Waals surface area contributed by atoms with Crippen LogP contribution in [0.4, 0.5) is 5.00 Å². The third-order valence-corrected chi connectivity index (χ3v) is 4.20. The highest BCUT2D eigenvalue weighted by Crippen LogP contribution is 2.26. The molecular formula is C11H11NO2S2. The maximum atomic E-state index is 10.7. The Hall–Kier alpha value is -1.33. The Bertz CT molecular complexity index is 476. The largest absolute Gasteiger partial charge is 0.477 e. The van der Waals surface area contributed by atoms with Gasteiger partial charge in [0.25, 0.3) is 0 Å². The van der Waals surface area contributed by atoms with Crippen LogP contribution in [0.5, 0.6) is 0 Å². The van der Waals surface area contributed by atoms with Gasteiger partial charge in [-0.3, -0.25) is 0 Å². The number of carboxylic acids is 1. The average Bonchev–Trinajstić information content (AvgIpc) is 2.86. The number of nitrogens with zero attached hydrogens (tertiary/aromatic N) is 1. The lowest BCUT2D eigenvalue weighted by Crippen LogP contribution is -2.13. The van der Waals surface area contributed by atoms with Gasteiger partial charge in [0, 0.05) is 11.9 Å². The monoisotopic (exact) mass is 253 g/mol. The normalized spacial score (nSPS) is 10.3. The highest BCUT2D eigenvalue weighted by molar-refractivity contribution is 7.17. The standard InChI is InChI=1S/C11H11NO2S2/c1-12(7-8-3-2-6-15-8)10-5-4-9(16-10)11(13)14/h2-6H,7H2,1H3,(H,13,14). The lowest BCUT2D eigenvalue weighted by Gasteiger charge is -2.15. The van der Waals surface area contributed by atoms with E-state index in [1.54, 1.807) is 17.4 Å². The number of thiophene rings is 2. The number of aromatic carboxylic acids is 1. The number of anilines is 1. The van der Waals surface area contributed by atoms with Crippen LogP contribution in [0.25, 0.3) is 0 Å². The Labute approximate surface area is 102 Å². The fraction of sp³-hybridized carbons (Fsp3) is 0.182. The molecule has 0 aliphatic heterocycles. The molecule has 2 rings (SSSR count). The zero-order valence-electron chi connectivity index (χ0n) is 8.71. The van der Waals surface area contributed by atoms with Crippen molar-refractivity contribution in [3.05, 3.63) is 39.4 Å². The minimum atomic E-state index is -0.860. The van der Waals surface area contributed by atoms with Gasteiger partial charge in [-0.05, 0) is 23.6 Å². The Morgan fingerprint density at radius 2 is 2.25 bits per heavy atom. The summed E-state index contributed by atoms with van der Waals surface area (Å²) in [6.07, 6.45) is 0. The first kappa shape index (κ1) is 11.2. The highest BCUT2D eigenvalue weighted by Gasteiger charge is 2.10. The minimum absolute atomic E-state index is 0.382. The van der Waals surface area contributed by atoms with Gasteiger partial charge in [-0.25, -0.2) is 4.79 Å². The van der Waals surface area contributed by atoms with Crippen LogP contribution < -0.4 is 4.90 Å². The summed E-state index contributed by atoms with van der Waals surface area (Å²) >= 11 is 3.01. The summed E-state index contributed by atoms with van der Waals surface area (Å²) in [5.74, 6) is -0.860. The zero-order valence-corrected chi connectivity index (χ0v) is 10.3. The van der Waals surface area contributed by atoms with E-state index < -0.39 is 5.97 Å². The summed E-state index contributed by atoms with van der Waals surface area (Å²) < 4.78 is 0. The molecule has 0 unspecified atom stereocenters. The smallest absolute Gasteiger partial charge is 0.345 e. The van der Waals surface area contributed by atoms with E-state index in [0.717, 1.165) is 11.5 Å². The van der Waals surface area contributed by atoms with Crippen LogP contribution >= 0.6 is 22.7 Å². The van der Waals surface area contributed by atoms with Crippen LogP contribution in [-0.4, -0.2) is 18.1 Å². The van der Waals surface area contributed by atoms with Crippen molar-refractivity contribution in [1.29, 1.82) is 0 Å². The minimum Gasteiger partial charge on any atom is -0.477 e. The Morgan fingerprint density at radius 3 is 2.81 bits per heavy atom. The van der Waals surface area contributed by atoms with Crippen molar-refractivity contribution >= 4 is 33.6 Å². The predicted molar refractivity (Wildman–Crippen MR) is 67.7 cm³/mol. The van der Waals surface area contributed by atoms with Gasteiger partial charge >= 0.3 is 5.97 Å². The third kappa shape index (κ3) is 2.43. The van der Waals surface area contributed by atoms with Gasteiger partial charge < -0.3 is 10.0 Å². The molecule has 0 aliphatic rings. The molecule has 1 N–H and O–H groups in total. The van der Waals surface area contributed by atoms with E-state index in [0.29, 0.717) is 4.88 Å². The maximum absolute atomic E-state index is 10.7. The summed E-state index contributed by atoms with van der Waals surface area (Å²) in [5, 5.41) is 11.9. The number of hydrogen-bond donors (Lipinski definition) is 1. The number of hydrogen-bond acceptors (Lipinski definition) is 4. The zero-order chi connectivity index (χ0) is 11.5. The Kier molecular flexibility index (Phi) is 3.26. The molecular weight excluding hydrogens is 242 g/mol. The van der Waals surface area contributed by atoms with Gasteiger partial charge in [-0.1, -0.05) is 6.07 Å². The number of carbonyl (C=O) groups is 1. The first-order chi connectivity index (χ1) is 7.66. The molecule has 2 aromatic rings. The van der Waals surface area contributed by atoms with Gasteiger partial charge in [-0.15, -0.1) is 22.7 Å². The first-order valence-electron chi connectivity index (χ1n) is 4.73. The third-order valence-electron chi connectivity index (χ3n) is 2.15. The molecule has 0 saturated carbocycles. The van der Waals surface area contributed by atoms with Gasteiger partial charge in [0.05, 0.1) is 11.5 Å². The van der Waals surface area contributed by atoms with E-state index in [4.69, 9.17) is 5.11 Å². The van der Waals surface area contributed by atoms with Crippen molar-refractivity contribution in [2.45, 2.75) is 6.54 Å². The van der Waals surface area contributed by atoms with Crippen LogP contribution in [0.2, 0.25) is 0 Å². The highest BCUT2D eigenvalue weighted by atomic mass is 32.1. The molecule has 2 aromatic heterocycles. The quantitative estimate of drug-likeness (QED) is 0.910. The van der Waals surface area contributed by atoms with E-state index in [-0.39, 0.29) is 0 Å². The van der Waals surface area contributed by atoms with E-state index in [1.165, 1.54) is 16.2 Å². The summed E-state index contributed by atoms with van der Waals surface area (Å²) in [7, 11) is 1.97. The van der Waals surface area contributed by atoms with Gasteiger partial charge in [0.2, 0.25) is 0 Å². The van der Waals surface area contributed by atoms with Crippen molar-refractivity contribution in [2.24, 2.45) is 0 Å². The van der Waals surface area contributed by atoms with E-state index >= 15 is 0 Å². The van der Waals surface area contributed by atoms with Crippen LogP contribution in [0, 0.1) is 0 Å². The van der Waals surface area contributed by atoms with Crippen molar-refractivity contribution in [3.63, 3.8) is 0 Å². The SMILES string of the molecule is CN(Cc1cccs1)c1ccc(C(=O)O)s1. The van der Waals surface area contributed by atoms with E-state index in [1.807, 2.05) is 24.6 Å². The lowest BCUT2D eigenvalue weighted by atomic mass is 10.4. The molecule has 0 spiro atoms. The average molecular weight is 253 g/mol. The molecule has 0 amide bonds. The molecule has 5 heteroatoms. The number of carboxylic acid groups (broad SMARTS) is 1. The van der Waals surface area contributed by atoms with Gasteiger partial charge in [0.15, 0.2) is 0 Å². The van der Waals surface area contributed by atoms with Crippen molar-refractivity contribution < 1.29 is 9.90 Å².